The molecule has 5 fully saturated rings. The molecule has 12 atom stereocenters. The van der Waals surface area contributed by atoms with Gasteiger partial charge in [0.05, 0.1) is 12.2 Å². The number of esters is 1. The summed E-state index contributed by atoms with van der Waals surface area (Å²) >= 11 is 0. The van der Waals surface area contributed by atoms with Gasteiger partial charge in [-0.15, -0.1) is 0 Å². The number of carbonyl (C=O) groups excluding carboxylic acids is 2. The molecule has 6 aliphatic rings. The second-order valence-electron chi connectivity index (χ2n) is 13.8. The molecule has 3 heterocycles. The van der Waals surface area contributed by atoms with Crippen LogP contribution in [0.4, 0.5) is 0 Å². The third-order valence-corrected chi connectivity index (χ3v) is 11.3. The number of Topliss-reactive ketones (excluding diaryl/α,β-unsaturated/α-hetero) is 1. The summed E-state index contributed by atoms with van der Waals surface area (Å²) in [6.07, 6.45) is 9.29. The smallest absolute Gasteiger partial charge is 0.331 e. The van der Waals surface area contributed by atoms with Gasteiger partial charge in [0.15, 0.2) is 17.0 Å². The molecule has 3 N–H and O–H groups in total. The van der Waals surface area contributed by atoms with E-state index < -0.39 is 88.9 Å². The number of allylic oxidation sites excluding steroid dienone is 5. The number of fused-ring (bicyclic) bond motifs is 3. The van der Waals surface area contributed by atoms with Gasteiger partial charge in [-0.2, -0.15) is 0 Å². The lowest BCUT2D eigenvalue weighted by Crippen LogP contribution is -2.76. The van der Waals surface area contributed by atoms with Crippen molar-refractivity contribution in [1.29, 1.82) is 0 Å². The van der Waals surface area contributed by atoms with Crippen LogP contribution in [0.5, 0.6) is 0 Å². The van der Waals surface area contributed by atoms with E-state index in [1.54, 1.807) is 56.3 Å². The molecule has 0 radical (unpaired) electrons. The Balaban J connectivity index is 1.40. The minimum absolute atomic E-state index is 0.231. The Morgan fingerprint density at radius 2 is 1.81 bits per heavy atom. The number of benzene rings is 1. The first-order valence-corrected chi connectivity index (χ1v) is 16.3. The van der Waals surface area contributed by atoms with Crippen molar-refractivity contribution in [3.8, 4) is 0 Å². The molecule has 2 saturated carbocycles. The standard InChI is InChI=1S/C37H42O10/c1-6-7-8-9-10-11-15-18-26(39)43-29-23(5)36-25-19-22(4)28(40)34(25,42)32(41)33(20-38)30(44-33)27(36)31-35(29,21(2)3)46-37(45-31,47-36)24-16-13-12-14-17-24/h8-19,23,25,27,29-32,38,41-42H,2,6-7,20H2,1,3-5H3/t23-,25-,27+,29-,30+,31-,32-,33+,34-,35+,36+,37-/m1/s1. The average Bonchev–Trinajstić information content (AvgIpc) is 3.68. The lowest BCUT2D eigenvalue weighted by Gasteiger charge is -2.61. The van der Waals surface area contributed by atoms with E-state index in [1.807, 2.05) is 31.2 Å². The van der Waals surface area contributed by atoms with Crippen molar-refractivity contribution in [2.45, 2.75) is 93.3 Å². The first-order chi connectivity index (χ1) is 22.4. The van der Waals surface area contributed by atoms with E-state index in [0.29, 0.717) is 11.1 Å². The molecule has 1 aromatic carbocycles. The number of rotatable bonds is 9. The number of ketones is 1. The van der Waals surface area contributed by atoms with Crippen LogP contribution in [0.1, 0.15) is 46.1 Å². The maximum atomic E-state index is 13.8. The molecule has 0 unspecified atom stereocenters. The van der Waals surface area contributed by atoms with Crippen molar-refractivity contribution >= 4 is 11.8 Å². The van der Waals surface area contributed by atoms with Crippen LogP contribution in [0.25, 0.3) is 0 Å². The number of aliphatic hydroxyl groups is 3. The van der Waals surface area contributed by atoms with Gasteiger partial charge in [0.1, 0.15) is 30.0 Å². The van der Waals surface area contributed by atoms with Gasteiger partial charge in [-0.1, -0.05) is 93.6 Å². The Morgan fingerprint density at radius 1 is 1.09 bits per heavy atom. The Hall–Kier alpha value is -3.22. The zero-order chi connectivity index (χ0) is 33.6. The number of hydrogen-bond acceptors (Lipinski definition) is 10. The number of ether oxygens (including phenoxy) is 5. The summed E-state index contributed by atoms with van der Waals surface area (Å²) in [5, 5.41) is 34.9. The van der Waals surface area contributed by atoms with E-state index in [9.17, 15) is 24.9 Å². The van der Waals surface area contributed by atoms with E-state index in [4.69, 9.17) is 23.7 Å². The monoisotopic (exact) mass is 646 g/mol. The van der Waals surface area contributed by atoms with Crippen LogP contribution >= 0.6 is 0 Å². The number of unbranched alkanes of at least 4 members (excludes halogenated alkanes) is 1. The summed E-state index contributed by atoms with van der Waals surface area (Å²) in [5.74, 6) is -5.92. The van der Waals surface area contributed by atoms with Gasteiger partial charge in [0.25, 0.3) is 0 Å². The normalized spacial score (nSPS) is 46.0. The van der Waals surface area contributed by atoms with Gasteiger partial charge < -0.3 is 39.0 Å². The lowest BCUT2D eigenvalue weighted by atomic mass is 9.53. The Bertz CT molecular complexity index is 1610. The molecule has 250 valence electrons. The molecule has 3 saturated heterocycles. The fourth-order valence-corrected chi connectivity index (χ4v) is 9.08. The maximum absolute atomic E-state index is 13.8. The minimum atomic E-state index is -2.42. The second-order valence-corrected chi connectivity index (χ2v) is 13.8. The molecule has 10 nitrogen and oxygen atoms in total. The van der Waals surface area contributed by atoms with E-state index >= 15 is 0 Å². The number of aliphatic hydroxyl groups excluding tert-OH is 2. The van der Waals surface area contributed by atoms with Gasteiger partial charge >= 0.3 is 11.9 Å². The molecular weight excluding hydrogens is 604 g/mol. The van der Waals surface area contributed by atoms with Crippen molar-refractivity contribution in [3.63, 3.8) is 0 Å². The number of hydrogen-bond donors (Lipinski definition) is 3. The van der Waals surface area contributed by atoms with Crippen molar-refractivity contribution in [2.24, 2.45) is 17.8 Å². The summed E-state index contributed by atoms with van der Waals surface area (Å²) in [6.45, 7) is 10.9. The van der Waals surface area contributed by atoms with Gasteiger partial charge in [0.2, 0.25) is 0 Å². The Morgan fingerprint density at radius 3 is 2.49 bits per heavy atom. The van der Waals surface area contributed by atoms with Gasteiger partial charge in [-0.05, 0) is 31.4 Å². The first kappa shape index (κ1) is 32.3. The predicted octanol–water partition coefficient (Wildman–Crippen LogP) is 3.32. The highest BCUT2D eigenvalue weighted by Crippen LogP contribution is 2.74. The number of carbonyl (C=O) groups is 2. The van der Waals surface area contributed by atoms with Crippen LogP contribution in [0.3, 0.4) is 0 Å². The van der Waals surface area contributed by atoms with E-state index in [0.717, 1.165) is 12.8 Å². The fourth-order valence-electron chi connectivity index (χ4n) is 9.08. The molecule has 3 aliphatic carbocycles. The highest BCUT2D eigenvalue weighted by molar-refractivity contribution is 6.05. The van der Waals surface area contributed by atoms with Crippen molar-refractivity contribution in [3.05, 3.63) is 96.2 Å². The summed E-state index contributed by atoms with van der Waals surface area (Å²) in [6, 6.07) is 9.01. The summed E-state index contributed by atoms with van der Waals surface area (Å²) in [4.78, 5) is 27.4. The topological polar surface area (TPSA) is 144 Å². The van der Waals surface area contributed by atoms with Crippen molar-refractivity contribution in [2.75, 3.05) is 6.61 Å². The Kier molecular flexibility index (Phi) is 7.50. The minimum Gasteiger partial charge on any atom is -0.455 e. The van der Waals surface area contributed by atoms with Gasteiger partial charge in [0, 0.05) is 29.4 Å². The summed E-state index contributed by atoms with van der Waals surface area (Å²) < 4.78 is 33.3. The molecular formula is C37H42O10. The summed E-state index contributed by atoms with van der Waals surface area (Å²) in [7, 11) is 0. The van der Waals surface area contributed by atoms with Crippen LogP contribution in [0, 0.1) is 17.8 Å². The van der Waals surface area contributed by atoms with E-state index in [-0.39, 0.29) is 5.57 Å². The second kappa shape index (κ2) is 10.9. The van der Waals surface area contributed by atoms with E-state index in [2.05, 4.69) is 13.5 Å². The zero-order valence-electron chi connectivity index (χ0n) is 27.0. The van der Waals surface area contributed by atoms with Gasteiger partial charge in [-0.3, -0.25) is 4.79 Å². The number of epoxide rings is 1. The molecule has 7 rings (SSSR count). The van der Waals surface area contributed by atoms with E-state index in [1.165, 1.54) is 6.08 Å². The largest absolute Gasteiger partial charge is 0.455 e. The molecule has 0 aromatic heterocycles. The molecule has 3 aliphatic heterocycles. The van der Waals surface area contributed by atoms with Crippen LogP contribution in [-0.2, 0) is 39.2 Å². The SMILES string of the molecule is C=C(C)[C@@]12O[C@@]3(c4ccccc4)O[C@@H]1[C@@H]1[C@@H]4O[C@]4(CO)[C@@H](O)[C@]4(O)C(=O)C(C)=C[C@H]4[C@@]1(O3)[C@H](C)[C@H]2OC(=O)C=CC=CC=CCCC. The van der Waals surface area contributed by atoms with Crippen LogP contribution in [0.2, 0.25) is 0 Å². The molecule has 0 amide bonds. The Labute approximate surface area is 274 Å². The van der Waals surface area contributed by atoms with Crippen LogP contribution < -0.4 is 0 Å². The molecule has 47 heavy (non-hydrogen) atoms. The maximum Gasteiger partial charge on any atom is 0.331 e. The van der Waals surface area contributed by atoms with Crippen molar-refractivity contribution in [1.82, 2.24) is 0 Å². The lowest BCUT2D eigenvalue weighted by molar-refractivity contribution is -0.440. The third-order valence-electron chi connectivity index (χ3n) is 11.3. The molecule has 10 heteroatoms. The molecule has 1 aromatic rings. The predicted molar refractivity (Wildman–Crippen MR) is 168 cm³/mol. The molecule has 0 spiro atoms. The average molecular weight is 647 g/mol. The fraction of sp³-hybridized carbons (Fsp3) is 0.514. The molecule has 3 bridgehead atoms. The third kappa shape index (κ3) is 4.04. The quantitative estimate of drug-likeness (QED) is 0.120. The first-order valence-electron chi connectivity index (χ1n) is 16.3. The van der Waals surface area contributed by atoms with Crippen LogP contribution in [0.15, 0.2) is 90.6 Å². The zero-order valence-corrected chi connectivity index (χ0v) is 27.0. The highest BCUT2D eigenvalue weighted by Gasteiger charge is 2.90. The highest BCUT2D eigenvalue weighted by atomic mass is 16.9. The van der Waals surface area contributed by atoms with Gasteiger partial charge in [-0.25, -0.2) is 4.79 Å². The summed E-state index contributed by atoms with van der Waals surface area (Å²) in [5.41, 5.74) is -5.90. The van der Waals surface area contributed by atoms with Crippen molar-refractivity contribution < 1.29 is 48.6 Å². The van der Waals surface area contributed by atoms with Crippen LogP contribution in [-0.4, -0.2) is 80.5 Å².